The molecule has 0 unspecified atom stereocenters. The number of Topliss-reactive ketones (excluding diaryl/α,β-unsaturated/α-hetero) is 1. The predicted octanol–water partition coefficient (Wildman–Crippen LogP) is 13.6. The highest BCUT2D eigenvalue weighted by Gasteiger charge is 2.24. The van der Waals surface area contributed by atoms with E-state index in [2.05, 4.69) is 67.2 Å². The van der Waals surface area contributed by atoms with Gasteiger partial charge in [-0.05, 0) is 105 Å². The molecule has 0 spiro atoms. The molecule has 1 aliphatic heterocycles. The maximum atomic E-state index is 12.3. The number of nitrogens with one attached hydrogen (secondary N) is 1. The van der Waals surface area contributed by atoms with Crippen LogP contribution in [0.3, 0.4) is 0 Å². The van der Waals surface area contributed by atoms with Crippen LogP contribution < -0.4 is 5.32 Å². The third-order valence-electron chi connectivity index (χ3n) is 10.4. The van der Waals surface area contributed by atoms with Gasteiger partial charge in [-0.3, -0.25) is 9.59 Å². The van der Waals surface area contributed by atoms with Gasteiger partial charge in [0.2, 0.25) is 0 Å². The zero-order chi connectivity index (χ0) is 45.8. The normalized spacial score (nSPS) is 12.2. The molecule has 0 saturated carbocycles. The zero-order valence-corrected chi connectivity index (χ0v) is 42.0. The van der Waals surface area contributed by atoms with Crippen LogP contribution in [-0.4, -0.2) is 81.1 Å². The van der Waals surface area contributed by atoms with Crippen LogP contribution in [0.15, 0.2) is 24.3 Å². The summed E-state index contributed by atoms with van der Waals surface area (Å²) in [6, 6.07) is 0. The first kappa shape index (κ1) is 60.5. The average molecular weight is 874 g/mol. The van der Waals surface area contributed by atoms with Crippen LogP contribution in [0.2, 0.25) is 0 Å². The van der Waals surface area contributed by atoms with Crippen LogP contribution in [0.1, 0.15) is 221 Å². The highest BCUT2D eigenvalue weighted by molar-refractivity contribution is 7.12. The van der Waals surface area contributed by atoms with E-state index in [0.717, 1.165) is 87.7 Å². The number of esters is 1. The minimum atomic E-state index is -0.113. The van der Waals surface area contributed by atoms with Crippen molar-refractivity contribution >= 4 is 35.3 Å². The number of ether oxygens (including phenoxy) is 1. The Bertz CT molecular complexity index is 1260. The van der Waals surface area contributed by atoms with Crippen molar-refractivity contribution in [2.45, 2.75) is 215 Å². The third-order valence-corrected chi connectivity index (χ3v) is 11.6. The minimum absolute atomic E-state index is 0.0985. The Morgan fingerprint density at radius 3 is 1.84 bits per heavy atom. The molecule has 1 amide bonds. The number of hydrogen-bond donors (Lipinski definition) is 1. The summed E-state index contributed by atoms with van der Waals surface area (Å²) in [5, 5.41) is 3.03. The van der Waals surface area contributed by atoms with Gasteiger partial charge >= 0.3 is 5.97 Å². The number of unbranched alkanes of at least 4 members (excludes halogenated alkanes) is 18. The number of ketones is 1. The number of allylic oxidation sites excluding steroid dienone is 4. The molecule has 2 rings (SSSR count). The van der Waals surface area contributed by atoms with E-state index < -0.39 is 0 Å². The summed E-state index contributed by atoms with van der Waals surface area (Å²) in [5.74, 6) is 0.178. The van der Waals surface area contributed by atoms with Gasteiger partial charge in [-0.15, -0.1) is 11.3 Å². The van der Waals surface area contributed by atoms with Crippen molar-refractivity contribution in [1.82, 2.24) is 15.1 Å². The number of likely N-dealkylation sites (N-methyl/N-ethyl adjacent to an activating group) is 2. The van der Waals surface area contributed by atoms with E-state index in [9.17, 15) is 19.2 Å². The predicted molar refractivity (Wildman–Crippen MR) is 264 cm³/mol. The molecule has 0 saturated heterocycles. The molecule has 61 heavy (non-hydrogen) atoms. The Kier molecular flexibility index (Phi) is 45.0. The Hall–Kier alpha value is -2.62. The maximum Gasteiger partial charge on any atom is 0.305 e. The highest BCUT2D eigenvalue weighted by atomic mass is 32.1. The largest absolute Gasteiger partial charge is 0.466 e. The lowest BCUT2D eigenvalue weighted by molar-refractivity contribution is -0.144. The van der Waals surface area contributed by atoms with E-state index in [1.165, 1.54) is 113 Å². The Morgan fingerprint density at radius 1 is 0.738 bits per heavy atom. The summed E-state index contributed by atoms with van der Waals surface area (Å²) in [6.07, 6.45) is 39.7. The molecule has 9 heteroatoms. The van der Waals surface area contributed by atoms with Crippen LogP contribution in [0.4, 0.5) is 0 Å². The van der Waals surface area contributed by atoms with Crippen molar-refractivity contribution in [3.05, 3.63) is 45.2 Å². The number of nitrogens with zero attached hydrogens (tertiary/aromatic N) is 2. The Morgan fingerprint density at radius 2 is 1.26 bits per heavy atom. The molecule has 0 aromatic carbocycles. The number of thiophene rings is 1. The summed E-state index contributed by atoms with van der Waals surface area (Å²) in [6.45, 7) is 16.3. The molecule has 0 atom stereocenters. The van der Waals surface area contributed by atoms with Gasteiger partial charge in [0.15, 0.2) is 0 Å². The lowest BCUT2D eigenvalue weighted by Gasteiger charge is -2.22. The summed E-state index contributed by atoms with van der Waals surface area (Å²) in [5.41, 5.74) is 2.22. The van der Waals surface area contributed by atoms with Crippen LogP contribution >= 0.6 is 11.3 Å². The number of carbonyl (C=O) groups is 4. The first-order chi connectivity index (χ1) is 29.6. The maximum absolute atomic E-state index is 12.3. The molecule has 0 aliphatic carbocycles. The molecule has 0 fully saturated rings. The SMILES string of the molecule is CC.CCCCC/C=C\C/C=C\CCCCCCCC=O.CCCCCCCCCCCOC(=O)CCCCC(C)=O.Cc1sc2c(c1C(=O)NCCN(C)C)CCN(C)C2. The average Bonchev–Trinajstić information content (AvgIpc) is 3.57. The van der Waals surface area contributed by atoms with Crippen LogP contribution in [0.25, 0.3) is 0 Å². The molecular formula is C52H95N3O5S. The number of carbonyl (C=O) groups excluding carboxylic acids is 4. The quantitative estimate of drug-likeness (QED) is 0.0325. The van der Waals surface area contributed by atoms with E-state index >= 15 is 0 Å². The van der Waals surface area contributed by atoms with Crippen molar-refractivity contribution in [3.8, 4) is 0 Å². The molecule has 8 nitrogen and oxygen atoms in total. The molecule has 1 aromatic heterocycles. The number of fused-ring (bicyclic) bond motifs is 1. The Balaban J connectivity index is 0. The second-order valence-corrected chi connectivity index (χ2v) is 17.9. The molecule has 2 heterocycles. The summed E-state index contributed by atoms with van der Waals surface area (Å²) < 4.78 is 5.18. The topological polar surface area (TPSA) is 96.0 Å². The van der Waals surface area contributed by atoms with Gasteiger partial charge in [0.05, 0.1) is 12.2 Å². The van der Waals surface area contributed by atoms with Gasteiger partial charge in [-0.1, -0.05) is 135 Å². The Labute approximate surface area is 380 Å². The number of aldehydes is 1. The van der Waals surface area contributed by atoms with Crippen molar-refractivity contribution in [2.75, 3.05) is 47.4 Å². The fourth-order valence-corrected chi connectivity index (χ4v) is 8.10. The molecule has 0 radical (unpaired) electrons. The second kappa shape index (κ2) is 45.4. The second-order valence-electron chi connectivity index (χ2n) is 16.6. The zero-order valence-electron chi connectivity index (χ0n) is 41.2. The van der Waals surface area contributed by atoms with Crippen LogP contribution in [0.5, 0.6) is 0 Å². The fourth-order valence-electron chi connectivity index (χ4n) is 6.80. The van der Waals surface area contributed by atoms with Gasteiger partial charge in [0.1, 0.15) is 12.1 Å². The van der Waals surface area contributed by atoms with Crippen molar-refractivity contribution in [2.24, 2.45) is 0 Å². The van der Waals surface area contributed by atoms with E-state index in [1.807, 2.05) is 27.9 Å². The first-order valence-corrected chi connectivity index (χ1v) is 25.5. The molecular weight excluding hydrogens is 779 g/mol. The number of aryl methyl sites for hydroxylation is 1. The molecule has 1 N–H and O–H groups in total. The fraction of sp³-hybridized carbons (Fsp3) is 0.769. The highest BCUT2D eigenvalue weighted by Crippen LogP contribution is 2.32. The molecule has 0 bridgehead atoms. The van der Waals surface area contributed by atoms with Crippen molar-refractivity contribution < 1.29 is 23.9 Å². The monoisotopic (exact) mass is 874 g/mol. The van der Waals surface area contributed by atoms with Gasteiger partial charge < -0.3 is 29.4 Å². The lowest BCUT2D eigenvalue weighted by Crippen LogP contribution is -2.33. The van der Waals surface area contributed by atoms with Gasteiger partial charge in [0, 0.05) is 55.2 Å². The van der Waals surface area contributed by atoms with E-state index in [4.69, 9.17) is 4.74 Å². The number of rotatable bonds is 33. The molecule has 1 aromatic rings. The van der Waals surface area contributed by atoms with Crippen molar-refractivity contribution in [3.63, 3.8) is 0 Å². The van der Waals surface area contributed by atoms with Crippen molar-refractivity contribution in [1.29, 1.82) is 0 Å². The summed E-state index contributed by atoms with van der Waals surface area (Å²) in [7, 11) is 6.16. The van der Waals surface area contributed by atoms with Crippen LogP contribution in [0, 0.1) is 6.92 Å². The lowest BCUT2D eigenvalue weighted by atomic mass is 10.0. The summed E-state index contributed by atoms with van der Waals surface area (Å²) in [4.78, 5) is 51.5. The smallest absolute Gasteiger partial charge is 0.305 e. The molecule has 354 valence electrons. The van der Waals surface area contributed by atoms with Gasteiger partial charge in [-0.25, -0.2) is 0 Å². The van der Waals surface area contributed by atoms with E-state index in [1.54, 1.807) is 18.3 Å². The van der Waals surface area contributed by atoms with Crippen LogP contribution in [-0.2, 0) is 32.1 Å². The van der Waals surface area contributed by atoms with E-state index in [0.29, 0.717) is 26.0 Å². The molecule has 1 aliphatic rings. The van der Waals surface area contributed by atoms with Gasteiger partial charge in [0.25, 0.3) is 5.91 Å². The van der Waals surface area contributed by atoms with E-state index in [-0.39, 0.29) is 17.7 Å². The summed E-state index contributed by atoms with van der Waals surface area (Å²) >= 11 is 1.78. The third kappa shape index (κ3) is 38.8. The number of amides is 1. The minimum Gasteiger partial charge on any atom is -0.466 e. The standard InChI is InChI=1S/C18H34O3.C18H32O.C14H23N3OS.C2H6/c1-3-4-5-6-7-8-9-10-13-16-21-18(20)15-12-11-14-17(2)19;1-2-3-4-5-6-7-8-9-10-11-12-13-14-15-16-17-18-19;1-10-13(14(18)15-6-8-16(2)3)11-5-7-17(4)9-12(11)19-10;1-2/h3-16H2,1-2H3;6-7,9-10,18H,2-5,8,11-17H2,1H3;5-9H2,1-4H3,(H,15,18);1-2H3/b;7-6-,10-9-;;. The first-order valence-electron chi connectivity index (χ1n) is 24.7. The van der Waals surface area contributed by atoms with Gasteiger partial charge in [-0.2, -0.15) is 0 Å². The number of hydrogen-bond acceptors (Lipinski definition) is 8.